The summed E-state index contributed by atoms with van der Waals surface area (Å²) in [5.41, 5.74) is 1.29. The van der Waals surface area contributed by atoms with E-state index in [0.717, 1.165) is 15.8 Å². The molecule has 0 fully saturated rings. The van der Waals surface area contributed by atoms with Gasteiger partial charge < -0.3 is 14.5 Å². The molecule has 2 heterocycles. The fourth-order valence-electron chi connectivity index (χ4n) is 3.20. The fourth-order valence-corrected chi connectivity index (χ4v) is 4.58. The van der Waals surface area contributed by atoms with E-state index in [1.54, 1.807) is 12.1 Å². The van der Waals surface area contributed by atoms with Crippen molar-refractivity contribution in [3.05, 3.63) is 82.2 Å². The van der Waals surface area contributed by atoms with Crippen LogP contribution in [0.5, 0.6) is 5.75 Å². The number of furan rings is 1. The molecular formula is C21H19BrN2O5S. The predicted molar refractivity (Wildman–Crippen MR) is 114 cm³/mol. The van der Waals surface area contributed by atoms with E-state index >= 15 is 0 Å². The van der Waals surface area contributed by atoms with Crippen LogP contribution in [0.3, 0.4) is 0 Å². The Bertz CT molecular complexity index is 1140. The van der Waals surface area contributed by atoms with Crippen molar-refractivity contribution >= 4 is 31.9 Å². The number of fused-ring (bicyclic) bond motifs is 1. The van der Waals surface area contributed by atoms with Gasteiger partial charge in [-0.05, 0) is 54.6 Å². The Labute approximate surface area is 182 Å². The first-order valence-corrected chi connectivity index (χ1v) is 11.6. The van der Waals surface area contributed by atoms with Gasteiger partial charge in [0.1, 0.15) is 11.5 Å². The van der Waals surface area contributed by atoms with Crippen LogP contribution >= 0.6 is 15.9 Å². The number of sulfonamides is 1. The van der Waals surface area contributed by atoms with Gasteiger partial charge in [-0.3, -0.25) is 4.79 Å². The average molecular weight is 491 g/mol. The zero-order valence-electron chi connectivity index (χ0n) is 15.8. The summed E-state index contributed by atoms with van der Waals surface area (Å²) in [5.74, 6) is 0.983. The molecule has 0 saturated heterocycles. The van der Waals surface area contributed by atoms with Crippen molar-refractivity contribution in [2.45, 2.75) is 23.9 Å². The molecule has 0 spiro atoms. The number of carbonyl (C=O) groups excluding carboxylic acids is 1. The maximum absolute atomic E-state index is 12.7. The molecule has 0 radical (unpaired) electrons. The van der Waals surface area contributed by atoms with Crippen molar-refractivity contribution in [3.63, 3.8) is 0 Å². The number of rotatable bonds is 6. The summed E-state index contributed by atoms with van der Waals surface area (Å²) in [6, 6.07) is 14.7. The number of hydrogen-bond acceptors (Lipinski definition) is 5. The van der Waals surface area contributed by atoms with Crippen LogP contribution in [-0.2, 0) is 16.6 Å². The van der Waals surface area contributed by atoms with Crippen molar-refractivity contribution in [1.29, 1.82) is 0 Å². The Morgan fingerprint density at radius 1 is 1.13 bits per heavy atom. The van der Waals surface area contributed by atoms with Crippen LogP contribution in [0.4, 0.5) is 0 Å². The maximum atomic E-state index is 12.7. The molecule has 1 atom stereocenters. The van der Waals surface area contributed by atoms with Crippen molar-refractivity contribution in [1.82, 2.24) is 10.0 Å². The summed E-state index contributed by atoms with van der Waals surface area (Å²) >= 11 is 3.44. The Morgan fingerprint density at radius 3 is 2.67 bits per heavy atom. The molecule has 4 rings (SSSR count). The van der Waals surface area contributed by atoms with Crippen molar-refractivity contribution in [3.8, 4) is 5.75 Å². The summed E-state index contributed by atoms with van der Waals surface area (Å²) in [5, 5.41) is 3.00. The smallest absolute Gasteiger partial charge is 0.251 e. The summed E-state index contributed by atoms with van der Waals surface area (Å²) in [7, 11) is -3.71. The van der Waals surface area contributed by atoms with E-state index in [9.17, 15) is 13.2 Å². The number of hydrogen-bond donors (Lipinski definition) is 2. The van der Waals surface area contributed by atoms with Gasteiger partial charge >= 0.3 is 0 Å². The predicted octanol–water partition coefficient (Wildman–Crippen LogP) is 3.77. The molecule has 2 aromatic carbocycles. The Kier molecular flexibility index (Phi) is 5.94. The third kappa shape index (κ3) is 4.58. The highest BCUT2D eigenvalue weighted by molar-refractivity contribution is 9.10. The Morgan fingerprint density at radius 2 is 1.93 bits per heavy atom. The van der Waals surface area contributed by atoms with Gasteiger partial charge in [-0.25, -0.2) is 13.1 Å². The van der Waals surface area contributed by atoms with Gasteiger partial charge in [-0.15, -0.1) is 0 Å². The lowest BCUT2D eigenvalue weighted by Crippen LogP contribution is -2.32. The Balaban J connectivity index is 1.44. The molecule has 1 aliphatic rings. The third-order valence-electron chi connectivity index (χ3n) is 4.76. The van der Waals surface area contributed by atoms with E-state index < -0.39 is 10.0 Å². The number of nitrogens with one attached hydrogen (secondary N) is 2. The van der Waals surface area contributed by atoms with E-state index in [1.807, 2.05) is 18.2 Å². The number of carbonyl (C=O) groups is 1. The molecular weight excluding hydrogens is 472 g/mol. The number of ether oxygens (including phenoxy) is 1. The second-order valence-corrected chi connectivity index (χ2v) is 9.46. The van der Waals surface area contributed by atoms with Gasteiger partial charge in [0.15, 0.2) is 0 Å². The molecule has 1 aromatic heterocycles. The van der Waals surface area contributed by atoms with Gasteiger partial charge in [0.25, 0.3) is 5.91 Å². The number of benzene rings is 2. The summed E-state index contributed by atoms with van der Waals surface area (Å²) in [6.45, 7) is 0.564. The van der Waals surface area contributed by atoms with Crippen LogP contribution in [0, 0.1) is 0 Å². The monoisotopic (exact) mass is 490 g/mol. The lowest BCUT2D eigenvalue weighted by molar-refractivity contribution is 0.0924. The normalized spacial score (nSPS) is 15.8. The molecule has 0 bridgehead atoms. The van der Waals surface area contributed by atoms with Crippen LogP contribution < -0.4 is 14.8 Å². The molecule has 9 heteroatoms. The lowest BCUT2D eigenvalue weighted by atomic mass is 10.00. The molecule has 0 aliphatic carbocycles. The van der Waals surface area contributed by atoms with Crippen LogP contribution in [0.25, 0.3) is 0 Å². The molecule has 30 heavy (non-hydrogen) atoms. The highest BCUT2D eigenvalue weighted by Gasteiger charge is 2.24. The van der Waals surface area contributed by atoms with Gasteiger partial charge in [0, 0.05) is 22.0 Å². The standard InChI is InChI=1S/C21H19BrN2O5S/c22-15-5-8-20-18(12-15)19(9-11-29-20)24-21(25)14-3-6-17(7-4-14)30(26,27)23-13-16-2-1-10-28-16/h1-8,10,12,19,23H,9,11,13H2,(H,24,25). The van der Waals surface area contributed by atoms with Gasteiger partial charge in [0.2, 0.25) is 10.0 Å². The van der Waals surface area contributed by atoms with Crippen LogP contribution in [0.15, 0.2) is 74.6 Å². The van der Waals surface area contributed by atoms with Crippen LogP contribution in [-0.4, -0.2) is 20.9 Å². The lowest BCUT2D eigenvalue weighted by Gasteiger charge is -2.27. The molecule has 0 saturated carbocycles. The molecule has 1 amide bonds. The number of amides is 1. The van der Waals surface area contributed by atoms with E-state index in [1.165, 1.54) is 30.5 Å². The SMILES string of the molecule is O=C(NC1CCOc2ccc(Br)cc21)c1ccc(S(=O)(=O)NCc2ccco2)cc1. The molecule has 156 valence electrons. The van der Waals surface area contributed by atoms with E-state index in [0.29, 0.717) is 24.4 Å². The van der Waals surface area contributed by atoms with Crippen LogP contribution in [0.1, 0.15) is 34.1 Å². The largest absolute Gasteiger partial charge is 0.493 e. The van der Waals surface area contributed by atoms with Crippen LogP contribution in [0.2, 0.25) is 0 Å². The first-order valence-electron chi connectivity index (χ1n) is 9.27. The first-order chi connectivity index (χ1) is 14.4. The fraction of sp³-hybridized carbons (Fsp3) is 0.190. The minimum absolute atomic E-state index is 0.0519. The highest BCUT2D eigenvalue weighted by atomic mass is 79.9. The maximum Gasteiger partial charge on any atom is 0.251 e. The minimum atomic E-state index is -3.71. The first kappa shape index (κ1) is 20.6. The minimum Gasteiger partial charge on any atom is -0.493 e. The zero-order valence-corrected chi connectivity index (χ0v) is 18.2. The quantitative estimate of drug-likeness (QED) is 0.547. The number of halogens is 1. The Hall–Kier alpha value is -2.62. The van der Waals surface area contributed by atoms with Gasteiger partial charge in [-0.2, -0.15) is 0 Å². The highest BCUT2D eigenvalue weighted by Crippen LogP contribution is 2.34. The summed E-state index contributed by atoms with van der Waals surface area (Å²) < 4.78 is 39.0. The molecule has 7 nitrogen and oxygen atoms in total. The second-order valence-electron chi connectivity index (χ2n) is 6.77. The molecule has 1 unspecified atom stereocenters. The topological polar surface area (TPSA) is 97.6 Å². The van der Waals surface area contributed by atoms with Gasteiger partial charge in [-0.1, -0.05) is 15.9 Å². The third-order valence-corrected chi connectivity index (χ3v) is 6.67. The van der Waals surface area contributed by atoms with Crippen molar-refractivity contribution in [2.75, 3.05) is 6.61 Å². The second kappa shape index (κ2) is 8.63. The van der Waals surface area contributed by atoms with E-state index in [2.05, 4.69) is 26.0 Å². The van der Waals surface area contributed by atoms with Crippen molar-refractivity contribution < 1.29 is 22.4 Å². The summed E-state index contributed by atoms with van der Waals surface area (Å²) in [6.07, 6.45) is 2.13. The molecule has 2 N–H and O–H groups in total. The van der Waals surface area contributed by atoms with E-state index in [4.69, 9.17) is 9.15 Å². The average Bonchev–Trinajstić information content (AvgIpc) is 3.27. The van der Waals surface area contributed by atoms with Crippen molar-refractivity contribution in [2.24, 2.45) is 0 Å². The van der Waals surface area contributed by atoms with E-state index in [-0.39, 0.29) is 23.4 Å². The zero-order chi connectivity index (χ0) is 21.1. The molecule has 1 aliphatic heterocycles. The van der Waals surface area contributed by atoms with Gasteiger partial charge in [0.05, 0.1) is 30.4 Å². The summed E-state index contributed by atoms with van der Waals surface area (Å²) in [4.78, 5) is 12.8. The molecule has 3 aromatic rings.